The number of aryl methyl sites for hydroxylation is 1. The molecule has 3 heterocycles. The van der Waals surface area contributed by atoms with Gasteiger partial charge >= 0.3 is 5.97 Å². The molecule has 25 heavy (non-hydrogen) atoms. The zero-order valence-electron chi connectivity index (χ0n) is 14.1. The summed E-state index contributed by atoms with van der Waals surface area (Å²) in [5.74, 6) is 0.344. The lowest BCUT2D eigenvalue weighted by Crippen LogP contribution is -2.47. The molecule has 1 unspecified atom stereocenters. The summed E-state index contributed by atoms with van der Waals surface area (Å²) in [5, 5.41) is 9.59. The van der Waals surface area contributed by atoms with Crippen LogP contribution in [0, 0.1) is 6.92 Å². The highest BCUT2D eigenvalue weighted by Gasteiger charge is 2.42. The van der Waals surface area contributed by atoms with E-state index in [9.17, 15) is 9.90 Å². The van der Waals surface area contributed by atoms with Crippen LogP contribution < -0.4 is 9.64 Å². The SMILES string of the molecule is Cc1ccc(C(=O)O)c(N2Cc3ccccc3OC3(CCOC3)C2)n1. The molecule has 1 N–H and O–H groups in total. The highest BCUT2D eigenvalue weighted by Crippen LogP contribution is 2.36. The summed E-state index contributed by atoms with van der Waals surface area (Å²) in [6.07, 6.45) is 0.770. The first-order valence-corrected chi connectivity index (χ1v) is 8.37. The van der Waals surface area contributed by atoms with Crippen LogP contribution in [0.3, 0.4) is 0 Å². The first-order valence-electron chi connectivity index (χ1n) is 8.37. The van der Waals surface area contributed by atoms with E-state index in [1.807, 2.05) is 36.1 Å². The van der Waals surface area contributed by atoms with Crippen LogP contribution in [0.15, 0.2) is 36.4 Å². The Bertz CT molecular complexity index is 815. The molecule has 4 rings (SSSR count). The van der Waals surface area contributed by atoms with E-state index in [0.717, 1.165) is 23.4 Å². The van der Waals surface area contributed by atoms with Gasteiger partial charge in [0.2, 0.25) is 0 Å². The van der Waals surface area contributed by atoms with Crippen molar-refractivity contribution in [3.05, 3.63) is 53.2 Å². The Morgan fingerprint density at radius 2 is 2.12 bits per heavy atom. The molecule has 6 heteroatoms. The maximum absolute atomic E-state index is 11.7. The van der Waals surface area contributed by atoms with E-state index in [1.54, 1.807) is 12.1 Å². The van der Waals surface area contributed by atoms with Crippen LogP contribution in [0.2, 0.25) is 0 Å². The predicted molar refractivity (Wildman–Crippen MR) is 92.2 cm³/mol. The second-order valence-corrected chi connectivity index (χ2v) is 6.68. The molecule has 2 aromatic rings. The first kappa shape index (κ1) is 15.9. The van der Waals surface area contributed by atoms with E-state index < -0.39 is 11.6 Å². The van der Waals surface area contributed by atoms with Crippen LogP contribution in [-0.4, -0.2) is 41.4 Å². The number of hydrogen-bond acceptors (Lipinski definition) is 5. The molecule has 1 spiro atoms. The number of carbonyl (C=O) groups is 1. The number of para-hydroxylation sites is 1. The van der Waals surface area contributed by atoms with Crippen molar-refractivity contribution in [2.24, 2.45) is 0 Å². The Labute approximate surface area is 146 Å². The van der Waals surface area contributed by atoms with Crippen LogP contribution in [0.4, 0.5) is 5.82 Å². The fourth-order valence-electron chi connectivity index (χ4n) is 3.50. The Balaban J connectivity index is 1.82. The number of nitrogens with zero attached hydrogens (tertiary/aromatic N) is 2. The quantitative estimate of drug-likeness (QED) is 0.906. The van der Waals surface area contributed by atoms with Crippen LogP contribution >= 0.6 is 0 Å². The zero-order valence-corrected chi connectivity index (χ0v) is 14.1. The van der Waals surface area contributed by atoms with Crippen molar-refractivity contribution in [1.82, 2.24) is 4.98 Å². The third-order valence-corrected chi connectivity index (χ3v) is 4.75. The number of hydrogen-bond donors (Lipinski definition) is 1. The number of carboxylic acid groups (broad SMARTS) is 1. The van der Waals surface area contributed by atoms with Gasteiger partial charge in [-0.25, -0.2) is 9.78 Å². The molecule has 2 aliphatic rings. The predicted octanol–water partition coefficient (Wildman–Crippen LogP) is 2.65. The number of aromatic carboxylic acids is 1. The number of fused-ring (bicyclic) bond motifs is 1. The Morgan fingerprint density at radius 1 is 1.28 bits per heavy atom. The van der Waals surface area contributed by atoms with E-state index in [0.29, 0.717) is 32.1 Å². The molecule has 2 aliphatic heterocycles. The Kier molecular flexibility index (Phi) is 3.84. The largest absolute Gasteiger partial charge is 0.483 e. The molecule has 6 nitrogen and oxygen atoms in total. The number of rotatable bonds is 2. The van der Waals surface area contributed by atoms with Gasteiger partial charge in [-0.05, 0) is 25.1 Å². The lowest BCUT2D eigenvalue weighted by Gasteiger charge is -2.32. The summed E-state index contributed by atoms with van der Waals surface area (Å²) < 4.78 is 12.0. The van der Waals surface area contributed by atoms with E-state index in [-0.39, 0.29) is 5.56 Å². The van der Waals surface area contributed by atoms with Gasteiger partial charge in [0, 0.05) is 24.2 Å². The average Bonchev–Trinajstić information content (AvgIpc) is 2.96. The van der Waals surface area contributed by atoms with Gasteiger partial charge in [0.25, 0.3) is 0 Å². The average molecular weight is 340 g/mol. The van der Waals surface area contributed by atoms with Gasteiger partial charge in [0.15, 0.2) is 5.60 Å². The van der Waals surface area contributed by atoms with E-state index in [2.05, 4.69) is 4.98 Å². The standard InChI is InChI=1S/C19H20N2O4/c1-13-6-7-15(18(22)23)17(20-13)21-10-14-4-2-3-5-16(14)25-19(11-21)8-9-24-12-19/h2-7H,8-12H2,1H3,(H,22,23). The summed E-state index contributed by atoms with van der Waals surface area (Å²) in [4.78, 5) is 18.2. The lowest BCUT2D eigenvalue weighted by atomic mass is 10.0. The molecule has 1 atom stereocenters. The van der Waals surface area contributed by atoms with Gasteiger partial charge in [0.05, 0.1) is 19.8 Å². The minimum atomic E-state index is -0.974. The summed E-state index contributed by atoms with van der Waals surface area (Å²) in [5.41, 5.74) is 1.54. The summed E-state index contributed by atoms with van der Waals surface area (Å²) in [7, 11) is 0. The lowest BCUT2D eigenvalue weighted by molar-refractivity contribution is 0.0589. The number of anilines is 1. The monoisotopic (exact) mass is 340 g/mol. The maximum Gasteiger partial charge on any atom is 0.339 e. The molecule has 1 saturated heterocycles. The third kappa shape index (κ3) is 2.93. The van der Waals surface area contributed by atoms with Crippen molar-refractivity contribution in [1.29, 1.82) is 0 Å². The van der Waals surface area contributed by atoms with Gasteiger partial charge in [0.1, 0.15) is 17.1 Å². The van der Waals surface area contributed by atoms with Crippen molar-refractivity contribution in [3.63, 3.8) is 0 Å². The number of carboxylic acids is 1. The minimum Gasteiger partial charge on any atom is -0.483 e. The molecule has 1 aromatic heterocycles. The number of aromatic nitrogens is 1. The Morgan fingerprint density at radius 3 is 2.88 bits per heavy atom. The summed E-state index contributed by atoms with van der Waals surface area (Å²) in [6.45, 7) is 4.09. The van der Waals surface area contributed by atoms with Gasteiger partial charge in [-0.3, -0.25) is 0 Å². The van der Waals surface area contributed by atoms with E-state index in [4.69, 9.17) is 9.47 Å². The van der Waals surface area contributed by atoms with Crippen LogP contribution in [0.25, 0.3) is 0 Å². The van der Waals surface area contributed by atoms with Crippen LogP contribution in [-0.2, 0) is 11.3 Å². The van der Waals surface area contributed by atoms with E-state index >= 15 is 0 Å². The molecule has 0 aliphatic carbocycles. The molecule has 0 saturated carbocycles. The maximum atomic E-state index is 11.7. The van der Waals surface area contributed by atoms with Crippen molar-refractivity contribution in [2.75, 3.05) is 24.7 Å². The van der Waals surface area contributed by atoms with Crippen molar-refractivity contribution >= 4 is 11.8 Å². The van der Waals surface area contributed by atoms with E-state index in [1.165, 1.54) is 0 Å². The second kappa shape index (κ2) is 6.04. The highest BCUT2D eigenvalue weighted by molar-refractivity contribution is 5.93. The molecule has 0 radical (unpaired) electrons. The molecule has 0 amide bonds. The molecular formula is C19H20N2O4. The Hall–Kier alpha value is -2.60. The fourth-order valence-corrected chi connectivity index (χ4v) is 3.50. The third-order valence-electron chi connectivity index (χ3n) is 4.75. The number of pyridine rings is 1. The molecule has 0 bridgehead atoms. The summed E-state index contributed by atoms with van der Waals surface area (Å²) in [6, 6.07) is 11.2. The smallest absolute Gasteiger partial charge is 0.339 e. The summed E-state index contributed by atoms with van der Waals surface area (Å²) >= 11 is 0. The van der Waals surface area contributed by atoms with Gasteiger partial charge in [-0.15, -0.1) is 0 Å². The zero-order chi connectivity index (χ0) is 17.4. The number of benzene rings is 1. The molecular weight excluding hydrogens is 320 g/mol. The first-order chi connectivity index (χ1) is 12.1. The number of ether oxygens (including phenoxy) is 2. The van der Waals surface area contributed by atoms with Crippen molar-refractivity contribution in [3.8, 4) is 5.75 Å². The van der Waals surface area contributed by atoms with Crippen LogP contribution in [0.5, 0.6) is 5.75 Å². The molecule has 130 valence electrons. The van der Waals surface area contributed by atoms with Crippen molar-refractivity contribution < 1.29 is 19.4 Å². The van der Waals surface area contributed by atoms with Gasteiger partial charge in [-0.1, -0.05) is 18.2 Å². The fraction of sp³-hybridized carbons (Fsp3) is 0.368. The van der Waals surface area contributed by atoms with Gasteiger partial charge < -0.3 is 19.5 Å². The van der Waals surface area contributed by atoms with Crippen LogP contribution in [0.1, 0.15) is 28.0 Å². The highest BCUT2D eigenvalue weighted by atomic mass is 16.6. The normalized spacial score (nSPS) is 22.4. The second-order valence-electron chi connectivity index (χ2n) is 6.68. The molecule has 1 aromatic carbocycles. The van der Waals surface area contributed by atoms with Gasteiger partial charge in [-0.2, -0.15) is 0 Å². The van der Waals surface area contributed by atoms with Crippen molar-refractivity contribution in [2.45, 2.75) is 25.5 Å². The minimum absolute atomic E-state index is 0.207. The topological polar surface area (TPSA) is 71.9 Å². The molecule has 1 fully saturated rings.